The maximum atomic E-state index is 13.1. The zero-order valence-electron chi connectivity index (χ0n) is 19.6. The average Bonchev–Trinajstić information content (AvgIpc) is 3.14. The normalized spacial score (nSPS) is 16.9. The zero-order valence-corrected chi connectivity index (χ0v) is 20.4. The molecule has 1 aromatic carbocycles. The number of hydrogen-bond acceptors (Lipinski definition) is 6. The lowest BCUT2D eigenvalue weighted by Crippen LogP contribution is -2.48. The molecule has 0 saturated carbocycles. The first-order valence-corrected chi connectivity index (χ1v) is 11.8. The van der Waals surface area contributed by atoms with Crippen molar-refractivity contribution in [2.24, 2.45) is 0 Å². The van der Waals surface area contributed by atoms with Crippen LogP contribution in [0.25, 0.3) is 0 Å². The van der Waals surface area contributed by atoms with Gasteiger partial charge >= 0.3 is 0 Å². The third kappa shape index (κ3) is 4.90. The second-order valence-electron chi connectivity index (χ2n) is 9.05. The summed E-state index contributed by atoms with van der Waals surface area (Å²) in [5.74, 6) is 1.49. The molecule has 1 unspecified atom stereocenters. The molecule has 0 radical (unpaired) electrons. The molecular weight excluding hydrogens is 440 g/mol. The monoisotopic (exact) mass is 470 g/mol. The van der Waals surface area contributed by atoms with E-state index in [4.69, 9.17) is 16.6 Å². The molecule has 176 valence electrons. The van der Waals surface area contributed by atoms with Crippen LogP contribution < -0.4 is 10.2 Å². The molecule has 3 heterocycles. The minimum Gasteiger partial charge on any atom is -0.354 e. The van der Waals surface area contributed by atoms with Crippen LogP contribution in [0.4, 0.5) is 11.8 Å². The predicted molar refractivity (Wildman–Crippen MR) is 130 cm³/mol. The number of piperazine rings is 1. The predicted octanol–water partition coefficient (Wildman–Crippen LogP) is 3.38. The molecule has 2 aromatic rings. The highest BCUT2D eigenvalue weighted by atomic mass is 35.5. The Morgan fingerprint density at radius 1 is 1.09 bits per heavy atom. The molecule has 8 nitrogen and oxygen atoms in total. The smallest absolute Gasteiger partial charge is 0.273 e. The number of benzene rings is 1. The van der Waals surface area contributed by atoms with Gasteiger partial charge in [-0.15, -0.1) is 0 Å². The molecule has 2 amide bonds. The Balaban J connectivity index is 1.58. The first kappa shape index (κ1) is 23.3. The summed E-state index contributed by atoms with van der Waals surface area (Å²) < 4.78 is 0. The van der Waals surface area contributed by atoms with E-state index < -0.39 is 0 Å². The number of hydrogen-bond donors (Lipinski definition) is 1. The van der Waals surface area contributed by atoms with Gasteiger partial charge in [-0.3, -0.25) is 9.59 Å². The van der Waals surface area contributed by atoms with Crippen molar-refractivity contribution in [2.45, 2.75) is 46.2 Å². The van der Waals surface area contributed by atoms with Crippen LogP contribution in [0.2, 0.25) is 5.02 Å². The summed E-state index contributed by atoms with van der Waals surface area (Å²) in [6, 6.07) is 7.88. The largest absolute Gasteiger partial charge is 0.354 e. The molecule has 0 aliphatic carbocycles. The van der Waals surface area contributed by atoms with Crippen molar-refractivity contribution in [3.63, 3.8) is 0 Å². The van der Waals surface area contributed by atoms with Crippen molar-refractivity contribution in [1.82, 2.24) is 19.8 Å². The molecule has 1 saturated heterocycles. The molecule has 1 N–H and O–H groups in total. The number of carbonyl (C=O) groups excluding carboxylic acids is 2. The lowest BCUT2D eigenvalue weighted by Gasteiger charge is -2.35. The van der Waals surface area contributed by atoms with Gasteiger partial charge in [0.05, 0.1) is 6.54 Å². The van der Waals surface area contributed by atoms with E-state index in [0.29, 0.717) is 55.9 Å². The van der Waals surface area contributed by atoms with Crippen LogP contribution in [0.3, 0.4) is 0 Å². The van der Waals surface area contributed by atoms with Crippen LogP contribution in [0.15, 0.2) is 24.3 Å². The average molecular weight is 471 g/mol. The SMILES string of the molecule is CC(=O)N1CCN(c2nc(NCC(C)c3ccc(Cl)cc3)nc3c2CN(C(C)C)C3=O)CC1. The number of anilines is 2. The minimum atomic E-state index is -0.0557. The maximum absolute atomic E-state index is 13.1. The number of aromatic nitrogens is 2. The zero-order chi connectivity index (χ0) is 23.7. The molecule has 1 aromatic heterocycles. The molecule has 1 atom stereocenters. The lowest BCUT2D eigenvalue weighted by molar-refractivity contribution is -0.129. The van der Waals surface area contributed by atoms with Gasteiger partial charge < -0.3 is 20.0 Å². The number of nitrogens with one attached hydrogen (secondary N) is 1. The van der Waals surface area contributed by atoms with E-state index >= 15 is 0 Å². The van der Waals surface area contributed by atoms with Crippen molar-refractivity contribution in [1.29, 1.82) is 0 Å². The number of nitrogens with zero attached hydrogens (tertiary/aromatic N) is 5. The van der Waals surface area contributed by atoms with Gasteiger partial charge in [-0.2, -0.15) is 4.98 Å². The summed E-state index contributed by atoms with van der Waals surface area (Å²) in [6.07, 6.45) is 0. The summed E-state index contributed by atoms with van der Waals surface area (Å²) in [5, 5.41) is 4.05. The molecular formula is C24H31ClN6O2. The van der Waals surface area contributed by atoms with E-state index in [0.717, 1.165) is 16.9 Å². The Hall–Kier alpha value is -2.87. The summed E-state index contributed by atoms with van der Waals surface area (Å²) in [4.78, 5) is 40.1. The quantitative estimate of drug-likeness (QED) is 0.697. The lowest BCUT2D eigenvalue weighted by atomic mass is 10.0. The van der Waals surface area contributed by atoms with Crippen molar-refractivity contribution in [3.05, 3.63) is 46.1 Å². The summed E-state index contributed by atoms with van der Waals surface area (Å²) in [5.41, 5.74) is 2.52. The summed E-state index contributed by atoms with van der Waals surface area (Å²) in [7, 11) is 0. The fourth-order valence-electron chi connectivity index (χ4n) is 4.32. The second-order valence-corrected chi connectivity index (χ2v) is 9.49. The topological polar surface area (TPSA) is 81.7 Å². The minimum absolute atomic E-state index is 0.0557. The van der Waals surface area contributed by atoms with E-state index in [2.05, 4.69) is 22.1 Å². The Morgan fingerprint density at radius 2 is 1.76 bits per heavy atom. The van der Waals surface area contributed by atoms with Crippen molar-refractivity contribution < 1.29 is 9.59 Å². The van der Waals surface area contributed by atoms with Gasteiger partial charge in [0.15, 0.2) is 0 Å². The Labute approximate surface area is 199 Å². The first-order valence-electron chi connectivity index (χ1n) is 11.5. The van der Waals surface area contributed by atoms with Gasteiger partial charge in [-0.1, -0.05) is 30.7 Å². The highest BCUT2D eigenvalue weighted by molar-refractivity contribution is 6.30. The summed E-state index contributed by atoms with van der Waals surface area (Å²) >= 11 is 6.01. The molecule has 1 fully saturated rings. The number of halogens is 1. The molecule has 0 bridgehead atoms. The van der Waals surface area contributed by atoms with Gasteiger partial charge in [0.1, 0.15) is 11.5 Å². The summed E-state index contributed by atoms with van der Waals surface area (Å²) in [6.45, 7) is 11.5. The Bertz CT molecular complexity index is 1030. The third-order valence-corrected chi connectivity index (χ3v) is 6.68. The van der Waals surface area contributed by atoms with E-state index in [9.17, 15) is 9.59 Å². The number of carbonyl (C=O) groups is 2. The Kier molecular flexibility index (Phi) is 6.74. The fourth-order valence-corrected chi connectivity index (χ4v) is 4.44. The van der Waals surface area contributed by atoms with Gasteiger partial charge in [0.25, 0.3) is 5.91 Å². The highest BCUT2D eigenvalue weighted by Crippen LogP contribution is 2.32. The number of amides is 2. The molecule has 9 heteroatoms. The highest BCUT2D eigenvalue weighted by Gasteiger charge is 2.36. The van der Waals surface area contributed by atoms with Crippen molar-refractivity contribution >= 4 is 35.2 Å². The van der Waals surface area contributed by atoms with Gasteiger partial charge in [-0.05, 0) is 37.5 Å². The fraction of sp³-hybridized carbons (Fsp3) is 0.500. The van der Waals surface area contributed by atoms with Gasteiger partial charge in [0, 0.05) is 56.3 Å². The van der Waals surface area contributed by atoms with Crippen molar-refractivity contribution in [2.75, 3.05) is 42.9 Å². The molecule has 2 aliphatic rings. The van der Waals surface area contributed by atoms with Crippen LogP contribution in [-0.4, -0.2) is 70.3 Å². The standard InChI is InChI=1S/C24H31ClN6O2/c1-15(2)31-14-20-21(23(31)33)27-24(26-13-16(3)18-5-7-19(25)8-6-18)28-22(20)30-11-9-29(10-12-30)17(4)32/h5-8,15-16H,9-14H2,1-4H3,(H,26,27,28). The van der Waals surface area contributed by atoms with Gasteiger partial charge in [0.2, 0.25) is 11.9 Å². The number of rotatable bonds is 6. The van der Waals surface area contributed by atoms with E-state index in [1.807, 2.05) is 47.9 Å². The van der Waals surface area contributed by atoms with E-state index in [-0.39, 0.29) is 23.8 Å². The second kappa shape index (κ2) is 9.55. The molecule has 2 aliphatic heterocycles. The van der Waals surface area contributed by atoms with E-state index in [1.165, 1.54) is 0 Å². The van der Waals surface area contributed by atoms with Crippen molar-refractivity contribution in [3.8, 4) is 0 Å². The van der Waals surface area contributed by atoms with Crippen LogP contribution in [0, 0.1) is 0 Å². The Morgan fingerprint density at radius 3 is 2.36 bits per heavy atom. The van der Waals surface area contributed by atoms with Crippen LogP contribution in [0.1, 0.15) is 55.2 Å². The third-order valence-electron chi connectivity index (χ3n) is 6.43. The van der Waals surface area contributed by atoms with E-state index in [1.54, 1.807) is 6.92 Å². The first-order chi connectivity index (χ1) is 15.7. The number of fused-ring (bicyclic) bond motifs is 1. The molecule has 0 spiro atoms. The molecule has 4 rings (SSSR count). The molecule has 33 heavy (non-hydrogen) atoms. The van der Waals surface area contributed by atoms with Crippen LogP contribution >= 0.6 is 11.6 Å². The van der Waals surface area contributed by atoms with Crippen LogP contribution in [0.5, 0.6) is 0 Å². The maximum Gasteiger partial charge on any atom is 0.273 e. The van der Waals surface area contributed by atoms with Gasteiger partial charge in [-0.25, -0.2) is 4.98 Å². The van der Waals surface area contributed by atoms with Crippen LogP contribution in [-0.2, 0) is 11.3 Å².